The lowest BCUT2D eigenvalue weighted by Gasteiger charge is -2.21. The molecule has 0 aliphatic rings. The number of halogens is 6. The van der Waals surface area contributed by atoms with E-state index in [4.69, 9.17) is 45.3 Å². The van der Waals surface area contributed by atoms with Gasteiger partial charge in [0.1, 0.15) is 11.8 Å². The Balaban J connectivity index is 1.76. The number of hydrogen-bond acceptors (Lipinski definition) is 6. The molecule has 0 fully saturated rings. The van der Waals surface area contributed by atoms with Crippen molar-refractivity contribution in [1.82, 2.24) is 19.6 Å². The molecule has 16 heteroatoms. The highest BCUT2D eigenvalue weighted by Crippen LogP contribution is 2.37. The van der Waals surface area contributed by atoms with Gasteiger partial charge in [-0.15, -0.1) is 5.10 Å². The zero-order valence-electron chi connectivity index (χ0n) is 21.7. The second-order valence-corrected chi connectivity index (χ2v) is 10.1. The first-order valence-electron chi connectivity index (χ1n) is 11.9. The predicted octanol–water partition coefficient (Wildman–Crippen LogP) is 5.77. The zero-order valence-corrected chi connectivity index (χ0v) is 23.9. The third-order valence-electron chi connectivity index (χ3n) is 6.14. The van der Waals surface area contributed by atoms with Crippen LogP contribution in [0.5, 0.6) is 5.75 Å². The highest BCUT2D eigenvalue weighted by Gasteiger charge is 2.35. The molecular formula is C26H20Cl3F3N6O4. The van der Waals surface area contributed by atoms with E-state index in [2.05, 4.69) is 15.6 Å². The molecule has 0 unspecified atom stereocenters. The Kier molecular flexibility index (Phi) is 8.85. The van der Waals surface area contributed by atoms with Gasteiger partial charge in [0.05, 0.1) is 40.9 Å². The van der Waals surface area contributed by atoms with E-state index in [0.717, 1.165) is 15.3 Å². The van der Waals surface area contributed by atoms with Gasteiger partial charge < -0.3 is 15.8 Å². The van der Waals surface area contributed by atoms with Crippen LogP contribution in [0.15, 0.2) is 53.6 Å². The monoisotopic (exact) mass is 642 g/mol. The first kappa shape index (κ1) is 30.9. The quantitative estimate of drug-likeness (QED) is 0.250. The molecule has 4 rings (SSSR count). The van der Waals surface area contributed by atoms with Crippen LogP contribution >= 0.6 is 34.8 Å². The van der Waals surface area contributed by atoms with Gasteiger partial charge in [0, 0.05) is 27.8 Å². The molecule has 2 aromatic heterocycles. The number of aromatic nitrogens is 4. The summed E-state index contributed by atoms with van der Waals surface area (Å²) in [6.07, 6.45) is -2.59. The van der Waals surface area contributed by atoms with Crippen LogP contribution in [0.2, 0.25) is 15.1 Å². The van der Waals surface area contributed by atoms with Gasteiger partial charge in [-0.3, -0.25) is 19.0 Å². The third-order valence-corrected chi connectivity index (χ3v) is 6.97. The minimum absolute atomic E-state index is 0.0121. The summed E-state index contributed by atoms with van der Waals surface area (Å²) in [4.78, 5) is 38.1. The number of pyridine rings is 1. The smallest absolute Gasteiger partial charge is 0.436 e. The van der Waals surface area contributed by atoms with Crippen molar-refractivity contribution >= 4 is 52.3 Å². The van der Waals surface area contributed by atoms with Crippen LogP contribution in [0.1, 0.15) is 35.4 Å². The summed E-state index contributed by atoms with van der Waals surface area (Å²) < 4.78 is 47.0. The van der Waals surface area contributed by atoms with Crippen molar-refractivity contribution in [3.8, 4) is 22.6 Å². The van der Waals surface area contributed by atoms with Crippen LogP contribution in [0.3, 0.4) is 0 Å². The number of benzene rings is 2. The molecule has 2 heterocycles. The number of nitrogens with zero attached hydrogens (tertiary/aromatic N) is 4. The number of anilines is 1. The first-order valence-corrected chi connectivity index (χ1v) is 13.1. The SMILES string of the molecule is CC[C@@H](C(=O)Nc1c(Cl)cc(C(N)=O)cc1Cl)n1cc(OC)c(-c2cc(Cl)ccc2-n2cc(C(F)(F)F)nn2)cc1=O. The fourth-order valence-corrected chi connectivity index (χ4v) is 4.88. The van der Waals surface area contributed by atoms with Gasteiger partial charge in [-0.05, 0) is 36.8 Å². The maximum Gasteiger partial charge on any atom is 0.436 e. The van der Waals surface area contributed by atoms with Crippen molar-refractivity contribution < 1.29 is 27.5 Å². The summed E-state index contributed by atoms with van der Waals surface area (Å²) in [5, 5.41) is 9.46. The highest BCUT2D eigenvalue weighted by molar-refractivity contribution is 6.40. The van der Waals surface area contributed by atoms with Gasteiger partial charge in [-0.2, -0.15) is 13.2 Å². The molecule has 3 N–H and O–H groups in total. The van der Waals surface area contributed by atoms with Crippen molar-refractivity contribution in [3.63, 3.8) is 0 Å². The van der Waals surface area contributed by atoms with Gasteiger partial charge in [-0.25, -0.2) is 4.68 Å². The van der Waals surface area contributed by atoms with Crippen LogP contribution < -0.4 is 21.3 Å². The normalized spacial score (nSPS) is 12.2. The first-order chi connectivity index (χ1) is 19.7. The van der Waals surface area contributed by atoms with Gasteiger partial charge in [0.25, 0.3) is 5.56 Å². The van der Waals surface area contributed by atoms with E-state index < -0.39 is 35.3 Å². The summed E-state index contributed by atoms with van der Waals surface area (Å²) in [5.74, 6) is -1.33. The van der Waals surface area contributed by atoms with Gasteiger partial charge in [-0.1, -0.05) is 46.9 Å². The lowest BCUT2D eigenvalue weighted by Crippen LogP contribution is -2.33. The summed E-state index contributed by atoms with van der Waals surface area (Å²) in [5.41, 5.74) is 3.97. The topological polar surface area (TPSA) is 134 Å². The standard InChI is InChI=1S/C26H20Cl3F3N6O4/c1-3-18(25(41)34-23-16(28)6-12(24(33)40)7-17(23)29)37-10-20(42-2)15(9-22(37)39)14-8-13(27)4-5-19(14)38-11-21(35-36-38)26(30,31)32/h4-11,18H,3H2,1-2H3,(H2,33,40)(H,34,41)/t18-/m0/s1. The highest BCUT2D eigenvalue weighted by atomic mass is 35.5. The molecule has 2 amide bonds. The van der Waals surface area contributed by atoms with E-state index in [1.807, 2.05) is 0 Å². The van der Waals surface area contributed by atoms with E-state index >= 15 is 0 Å². The van der Waals surface area contributed by atoms with Crippen molar-refractivity contribution in [1.29, 1.82) is 0 Å². The Morgan fingerprint density at radius 3 is 2.29 bits per heavy atom. The molecule has 10 nitrogen and oxygen atoms in total. The minimum atomic E-state index is -4.73. The number of nitrogens with two attached hydrogens (primary N) is 1. The Hall–Kier alpha value is -4.07. The number of amides is 2. The molecule has 2 aromatic carbocycles. The summed E-state index contributed by atoms with van der Waals surface area (Å²) in [7, 11) is 1.32. The number of rotatable bonds is 8. The van der Waals surface area contributed by atoms with E-state index in [1.54, 1.807) is 6.92 Å². The fraction of sp³-hybridized carbons (Fsp3) is 0.192. The van der Waals surface area contributed by atoms with Gasteiger partial charge in [0.15, 0.2) is 5.69 Å². The molecule has 1 atom stereocenters. The molecule has 4 aromatic rings. The molecular weight excluding hydrogens is 624 g/mol. The molecule has 0 saturated heterocycles. The second-order valence-electron chi connectivity index (χ2n) is 8.80. The molecule has 0 spiro atoms. The second kappa shape index (κ2) is 12.0. The third kappa shape index (κ3) is 6.22. The van der Waals surface area contributed by atoms with Crippen molar-refractivity contribution in [3.05, 3.63) is 85.5 Å². The molecule has 220 valence electrons. The van der Waals surface area contributed by atoms with Crippen LogP contribution in [-0.4, -0.2) is 38.5 Å². The molecule has 0 radical (unpaired) electrons. The molecule has 0 saturated carbocycles. The number of nitrogens with one attached hydrogen (secondary N) is 1. The number of hydrogen-bond donors (Lipinski definition) is 2. The van der Waals surface area contributed by atoms with Crippen molar-refractivity contribution in [2.24, 2.45) is 5.73 Å². The van der Waals surface area contributed by atoms with Crippen LogP contribution in [0, 0.1) is 0 Å². The zero-order chi connectivity index (χ0) is 30.9. The van der Waals surface area contributed by atoms with Gasteiger partial charge in [0.2, 0.25) is 11.8 Å². The Morgan fingerprint density at radius 2 is 1.74 bits per heavy atom. The van der Waals surface area contributed by atoms with Crippen molar-refractivity contribution in [2.45, 2.75) is 25.6 Å². The lowest BCUT2D eigenvalue weighted by atomic mass is 10.0. The van der Waals surface area contributed by atoms with Crippen molar-refractivity contribution in [2.75, 3.05) is 12.4 Å². The molecule has 0 aliphatic carbocycles. The Labute approximate surface area is 250 Å². The maximum atomic E-state index is 13.4. The maximum absolute atomic E-state index is 13.4. The molecule has 42 heavy (non-hydrogen) atoms. The Bertz CT molecular complexity index is 1730. The fourth-order valence-electron chi connectivity index (χ4n) is 4.13. The summed E-state index contributed by atoms with van der Waals surface area (Å²) >= 11 is 18.6. The number of primary amides is 1. The van der Waals surface area contributed by atoms with Gasteiger partial charge >= 0.3 is 6.18 Å². The average molecular weight is 644 g/mol. The number of methoxy groups -OCH3 is 1. The van der Waals surface area contributed by atoms with E-state index in [1.165, 1.54) is 43.6 Å². The predicted molar refractivity (Wildman–Crippen MR) is 151 cm³/mol. The number of ether oxygens (including phenoxy) is 1. The molecule has 0 aliphatic heterocycles. The van der Waals surface area contributed by atoms with E-state index in [-0.39, 0.29) is 55.3 Å². The minimum Gasteiger partial charge on any atom is -0.495 e. The number of carbonyl (C=O) groups excluding carboxylic acids is 2. The van der Waals surface area contributed by atoms with E-state index in [0.29, 0.717) is 6.20 Å². The number of carbonyl (C=O) groups is 2. The molecule has 0 bridgehead atoms. The van der Waals surface area contributed by atoms with Crippen LogP contribution in [0.4, 0.5) is 18.9 Å². The van der Waals surface area contributed by atoms with Crippen LogP contribution in [-0.2, 0) is 11.0 Å². The average Bonchev–Trinajstić information content (AvgIpc) is 3.42. The summed E-state index contributed by atoms with van der Waals surface area (Å²) in [6.45, 7) is 1.66. The summed E-state index contributed by atoms with van der Waals surface area (Å²) in [6, 6.07) is 6.84. The van der Waals surface area contributed by atoms with Crippen LogP contribution in [0.25, 0.3) is 16.8 Å². The Morgan fingerprint density at radius 1 is 1.07 bits per heavy atom. The lowest BCUT2D eigenvalue weighted by molar-refractivity contribution is -0.141. The number of alkyl halides is 3. The largest absolute Gasteiger partial charge is 0.495 e. The van der Waals surface area contributed by atoms with E-state index in [9.17, 15) is 27.6 Å².